The molecule has 0 saturated heterocycles. The van der Waals surface area contributed by atoms with Crippen LogP contribution in [0, 0.1) is 0 Å². The first-order valence-corrected chi connectivity index (χ1v) is 11.9. The maximum Gasteiger partial charge on any atom is 0.136 e. The Morgan fingerprint density at radius 2 is 1.30 bits per heavy atom. The summed E-state index contributed by atoms with van der Waals surface area (Å²) in [7, 11) is 0. The minimum Gasteiger partial charge on any atom is -0.457 e. The van der Waals surface area contributed by atoms with Crippen LogP contribution in [0.15, 0.2) is 115 Å². The maximum atomic E-state index is 6.45. The largest absolute Gasteiger partial charge is 0.457 e. The average molecular weight is 442 g/mol. The number of nitrogens with zero attached hydrogens (tertiary/aromatic N) is 1. The summed E-state index contributed by atoms with van der Waals surface area (Å²) < 4.78 is 8.95. The van der Waals surface area contributed by atoms with Crippen LogP contribution in [-0.4, -0.2) is 0 Å². The molecule has 0 amide bonds. The number of para-hydroxylation sites is 1. The summed E-state index contributed by atoms with van der Waals surface area (Å²) in [5.74, 6) is 1.75. The molecule has 0 aliphatic carbocycles. The fraction of sp³-hybridized carbons (Fsp3) is 0. The van der Waals surface area contributed by atoms with Gasteiger partial charge in [0.1, 0.15) is 11.5 Å². The molecule has 7 rings (SSSR count). The van der Waals surface area contributed by atoms with Gasteiger partial charge in [0.2, 0.25) is 0 Å². The molecule has 1 aliphatic rings. The summed E-state index contributed by atoms with van der Waals surface area (Å²) >= 11 is 1.82. The fourth-order valence-corrected chi connectivity index (χ4v) is 5.98. The van der Waals surface area contributed by atoms with E-state index in [1.807, 2.05) is 17.4 Å². The van der Waals surface area contributed by atoms with Crippen molar-refractivity contribution < 1.29 is 4.74 Å². The van der Waals surface area contributed by atoms with Gasteiger partial charge in [-0.3, -0.25) is 0 Å². The highest BCUT2D eigenvalue weighted by atomic mass is 32.1. The summed E-state index contributed by atoms with van der Waals surface area (Å²) in [4.78, 5) is 2.38. The average Bonchev–Trinajstić information content (AvgIpc) is 3.26. The minimum absolute atomic E-state index is 0.842. The van der Waals surface area contributed by atoms with Crippen molar-refractivity contribution in [2.75, 3.05) is 4.90 Å². The number of rotatable bonds is 2. The van der Waals surface area contributed by atoms with E-state index in [4.69, 9.17) is 4.74 Å². The van der Waals surface area contributed by atoms with Crippen LogP contribution < -0.4 is 9.64 Å². The van der Waals surface area contributed by atoms with Crippen molar-refractivity contribution in [1.29, 1.82) is 0 Å². The third kappa shape index (κ3) is 2.86. The lowest BCUT2D eigenvalue weighted by atomic mass is 10.0. The number of fused-ring (bicyclic) bond motifs is 2. The first-order chi connectivity index (χ1) is 16.4. The van der Waals surface area contributed by atoms with Crippen LogP contribution >= 0.6 is 11.3 Å². The Balaban J connectivity index is 1.62. The maximum absolute atomic E-state index is 6.45. The first-order valence-electron chi connectivity index (χ1n) is 11.0. The minimum atomic E-state index is 0.842. The predicted octanol–water partition coefficient (Wildman–Crippen LogP) is 9.30. The molecule has 3 heteroatoms. The van der Waals surface area contributed by atoms with Crippen molar-refractivity contribution in [3.05, 3.63) is 115 Å². The smallest absolute Gasteiger partial charge is 0.136 e. The van der Waals surface area contributed by atoms with Crippen LogP contribution in [0.5, 0.6) is 11.5 Å². The highest BCUT2D eigenvalue weighted by Crippen LogP contribution is 2.50. The van der Waals surface area contributed by atoms with Crippen LogP contribution in [0.25, 0.3) is 31.3 Å². The predicted molar refractivity (Wildman–Crippen MR) is 140 cm³/mol. The molecule has 0 saturated carbocycles. The molecule has 1 aromatic heterocycles. The van der Waals surface area contributed by atoms with Crippen molar-refractivity contribution in [3.63, 3.8) is 0 Å². The van der Waals surface area contributed by atoms with Crippen molar-refractivity contribution >= 4 is 48.6 Å². The van der Waals surface area contributed by atoms with Gasteiger partial charge < -0.3 is 9.64 Å². The summed E-state index contributed by atoms with van der Waals surface area (Å²) in [5.41, 5.74) is 5.78. The zero-order valence-corrected chi connectivity index (χ0v) is 18.5. The van der Waals surface area contributed by atoms with Crippen molar-refractivity contribution in [3.8, 4) is 22.6 Å². The van der Waals surface area contributed by atoms with E-state index in [1.54, 1.807) is 0 Å². The Hall–Kier alpha value is -4.08. The van der Waals surface area contributed by atoms with Gasteiger partial charge in [0.25, 0.3) is 0 Å². The fourth-order valence-electron chi connectivity index (χ4n) is 4.84. The molecule has 0 N–H and O–H groups in total. The number of ether oxygens (including phenoxy) is 1. The molecule has 0 spiro atoms. The molecule has 0 fully saturated rings. The Labute approximate surface area is 195 Å². The third-order valence-corrected chi connectivity index (χ3v) is 7.36. The van der Waals surface area contributed by atoms with Gasteiger partial charge in [0, 0.05) is 37.5 Å². The summed E-state index contributed by atoms with van der Waals surface area (Å²) in [5, 5.41) is 2.41. The number of anilines is 3. The quantitative estimate of drug-likeness (QED) is 0.265. The lowest BCUT2D eigenvalue weighted by Crippen LogP contribution is -2.11. The van der Waals surface area contributed by atoms with Gasteiger partial charge in [-0.15, -0.1) is 11.3 Å². The van der Waals surface area contributed by atoms with E-state index in [2.05, 4.69) is 114 Å². The van der Waals surface area contributed by atoms with E-state index in [0.717, 1.165) is 28.6 Å². The van der Waals surface area contributed by atoms with Gasteiger partial charge in [-0.2, -0.15) is 0 Å². The Kier molecular flexibility index (Phi) is 4.05. The molecular formula is C30H19NOS. The normalized spacial score (nSPS) is 12.4. The topological polar surface area (TPSA) is 12.5 Å². The van der Waals surface area contributed by atoms with Crippen molar-refractivity contribution in [2.24, 2.45) is 0 Å². The van der Waals surface area contributed by atoms with E-state index in [0.29, 0.717) is 0 Å². The van der Waals surface area contributed by atoms with Gasteiger partial charge >= 0.3 is 0 Å². The second kappa shape index (κ2) is 7.22. The number of thiophene rings is 1. The Morgan fingerprint density at radius 1 is 0.576 bits per heavy atom. The van der Waals surface area contributed by atoms with Gasteiger partial charge in [-0.05, 0) is 48.0 Å². The monoisotopic (exact) mass is 441 g/mol. The number of hydrogen-bond acceptors (Lipinski definition) is 3. The Morgan fingerprint density at radius 3 is 2.21 bits per heavy atom. The lowest BCUT2D eigenvalue weighted by molar-refractivity contribution is 0.489. The van der Waals surface area contributed by atoms with E-state index in [9.17, 15) is 0 Å². The van der Waals surface area contributed by atoms with Gasteiger partial charge in [0.05, 0.1) is 11.4 Å². The van der Waals surface area contributed by atoms with Crippen LogP contribution in [0.4, 0.5) is 17.1 Å². The van der Waals surface area contributed by atoms with Crippen LogP contribution in [0.1, 0.15) is 0 Å². The number of benzene rings is 5. The lowest BCUT2D eigenvalue weighted by Gasteiger charge is -2.28. The molecule has 0 radical (unpaired) electrons. The third-order valence-electron chi connectivity index (χ3n) is 6.24. The molecular weight excluding hydrogens is 422 g/mol. The Bertz CT molecular complexity index is 1650. The molecule has 2 bridgehead atoms. The molecule has 0 atom stereocenters. The molecule has 2 nitrogen and oxygen atoms in total. The molecule has 156 valence electrons. The van der Waals surface area contributed by atoms with Crippen molar-refractivity contribution in [1.82, 2.24) is 0 Å². The highest BCUT2D eigenvalue weighted by Gasteiger charge is 2.24. The van der Waals surface area contributed by atoms with Gasteiger partial charge in [-0.25, -0.2) is 0 Å². The second-order valence-corrected chi connectivity index (χ2v) is 9.28. The zero-order valence-electron chi connectivity index (χ0n) is 17.7. The van der Waals surface area contributed by atoms with E-state index in [1.165, 1.54) is 31.3 Å². The second-order valence-electron chi connectivity index (χ2n) is 8.20. The standard InChI is InChI=1S/C30H19NOS/c1-2-9-20(10-3-1)23-13-4-5-14-24(23)31-21-11-6-12-22(19-21)32-26-16-8-18-28-30(26)29-25(31)15-7-17-27(29)33-28/h1-19H. The summed E-state index contributed by atoms with van der Waals surface area (Å²) in [6.07, 6.45) is 0. The van der Waals surface area contributed by atoms with Gasteiger partial charge in [0.15, 0.2) is 0 Å². The van der Waals surface area contributed by atoms with E-state index < -0.39 is 0 Å². The molecule has 1 aliphatic heterocycles. The van der Waals surface area contributed by atoms with Crippen LogP contribution in [-0.2, 0) is 0 Å². The van der Waals surface area contributed by atoms with Crippen LogP contribution in [0.2, 0.25) is 0 Å². The molecule has 0 unspecified atom stereocenters. The first kappa shape index (κ1) is 18.5. The SMILES string of the molecule is c1ccc(-c2ccccc2N2c3cccc(c3)Oc3cccc4sc5cccc2c5c34)cc1. The van der Waals surface area contributed by atoms with Crippen LogP contribution in [0.3, 0.4) is 0 Å². The molecule has 6 aromatic rings. The van der Waals surface area contributed by atoms with Gasteiger partial charge in [-0.1, -0.05) is 66.7 Å². The van der Waals surface area contributed by atoms with E-state index >= 15 is 0 Å². The molecule has 5 aromatic carbocycles. The molecule has 2 heterocycles. The van der Waals surface area contributed by atoms with E-state index in [-0.39, 0.29) is 0 Å². The zero-order chi connectivity index (χ0) is 21.8. The van der Waals surface area contributed by atoms with Crippen molar-refractivity contribution in [2.45, 2.75) is 0 Å². The number of hydrogen-bond donors (Lipinski definition) is 0. The summed E-state index contributed by atoms with van der Waals surface area (Å²) in [6.45, 7) is 0. The summed E-state index contributed by atoms with van der Waals surface area (Å²) in [6, 6.07) is 40.6. The highest BCUT2D eigenvalue weighted by molar-refractivity contribution is 7.26. The molecule has 33 heavy (non-hydrogen) atoms.